The molecule has 0 amide bonds. The van der Waals surface area contributed by atoms with Crippen LogP contribution >= 0.6 is 11.3 Å². The summed E-state index contributed by atoms with van der Waals surface area (Å²) in [5.74, 6) is 0.845. The van der Waals surface area contributed by atoms with Crippen LogP contribution in [0.2, 0.25) is 0 Å². The first-order valence-corrected chi connectivity index (χ1v) is 10.4. The number of hydrogen-bond acceptors (Lipinski definition) is 7. The second-order valence-electron chi connectivity index (χ2n) is 5.78. The van der Waals surface area contributed by atoms with Gasteiger partial charge in [0.15, 0.2) is 5.82 Å². The summed E-state index contributed by atoms with van der Waals surface area (Å²) in [6.07, 6.45) is 2.14. The van der Waals surface area contributed by atoms with Gasteiger partial charge >= 0.3 is 0 Å². The minimum Gasteiger partial charge on any atom is -0.293 e. The van der Waals surface area contributed by atoms with E-state index in [0.717, 1.165) is 25.2 Å². The van der Waals surface area contributed by atoms with E-state index in [1.807, 2.05) is 4.68 Å². The van der Waals surface area contributed by atoms with Crippen molar-refractivity contribution in [2.45, 2.75) is 37.1 Å². The molecule has 0 aliphatic carbocycles. The van der Waals surface area contributed by atoms with Crippen LogP contribution < -0.4 is 0 Å². The Morgan fingerprint density at radius 3 is 2.71 bits per heavy atom. The van der Waals surface area contributed by atoms with Gasteiger partial charge < -0.3 is 0 Å². The standard InChI is InChI=1S/C14H22N6O2S2/c1-2-3-6-20-13(15-16-17-20)12-18-7-9-19(10-8-18)24(21,22)14-5-4-11-23-14/h4-5,11H,2-3,6-10,12H2,1H3. The molecule has 1 fully saturated rings. The molecule has 10 heteroatoms. The molecule has 0 atom stereocenters. The van der Waals surface area contributed by atoms with Crippen molar-refractivity contribution < 1.29 is 8.42 Å². The maximum Gasteiger partial charge on any atom is 0.252 e. The van der Waals surface area contributed by atoms with Gasteiger partial charge in [-0.1, -0.05) is 19.4 Å². The second kappa shape index (κ2) is 7.68. The number of aromatic nitrogens is 4. The summed E-state index contributed by atoms with van der Waals surface area (Å²) in [5, 5.41) is 13.7. The van der Waals surface area contributed by atoms with Crippen molar-refractivity contribution in [1.82, 2.24) is 29.4 Å². The van der Waals surface area contributed by atoms with Crippen LogP contribution in [0.5, 0.6) is 0 Å². The zero-order valence-corrected chi connectivity index (χ0v) is 15.3. The maximum absolute atomic E-state index is 12.5. The predicted molar refractivity (Wildman–Crippen MR) is 91.1 cm³/mol. The van der Waals surface area contributed by atoms with E-state index in [1.165, 1.54) is 11.3 Å². The van der Waals surface area contributed by atoms with Gasteiger partial charge in [0.25, 0.3) is 10.0 Å². The van der Waals surface area contributed by atoms with Crippen molar-refractivity contribution >= 4 is 21.4 Å². The summed E-state index contributed by atoms with van der Waals surface area (Å²) in [4.78, 5) is 2.20. The minimum absolute atomic E-state index is 0.416. The third-order valence-corrected chi connectivity index (χ3v) is 7.39. The summed E-state index contributed by atoms with van der Waals surface area (Å²) < 4.78 is 28.9. The monoisotopic (exact) mass is 370 g/mol. The Kier molecular flexibility index (Phi) is 5.59. The lowest BCUT2D eigenvalue weighted by molar-refractivity contribution is 0.175. The van der Waals surface area contributed by atoms with Crippen LogP contribution in [0.15, 0.2) is 21.7 Å². The number of thiophene rings is 1. The number of aryl methyl sites for hydroxylation is 1. The molecule has 0 aromatic carbocycles. The van der Waals surface area contributed by atoms with Crippen molar-refractivity contribution in [1.29, 1.82) is 0 Å². The first-order valence-electron chi connectivity index (χ1n) is 8.12. The molecule has 0 unspecified atom stereocenters. The van der Waals surface area contributed by atoms with Crippen molar-refractivity contribution in [3.05, 3.63) is 23.3 Å². The molecule has 0 N–H and O–H groups in total. The lowest BCUT2D eigenvalue weighted by Gasteiger charge is -2.33. The largest absolute Gasteiger partial charge is 0.293 e. The average Bonchev–Trinajstić information content (AvgIpc) is 3.26. The Hall–Kier alpha value is -1.36. The molecule has 1 aliphatic rings. The van der Waals surface area contributed by atoms with Gasteiger partial charge in [-0.3, -0.25) is 4.90 Å². The quantitative estimate of drug-likeness (QED) is 0.724. The number of nitrogens with zero attached hydrogens (tertiary/aromatic N) is 6. The topological polar surface area (TPSA) is 84.2 Å². The number of rotatable bonds is 7. The van der Waals surface area contributed by atoms with E-state index in [-0.39, 0.29) is 0 Å². The molecule has 0 saturated carbocycles. The van der Waals surface area contributed by atoms with E-state index in [4.69, 9.17) is 0 Å². The molecule has 0 bridgehead atoms. The summed E-state index contributed by atoms with van der Waals surface area (Å²) in [5.41, 5.74) is 0. The smallest absolute Gasteiger partial charge is 0.252 e. The van der Waals surface area contributed by atoms with Gasteiger partial charge in [0.2, 0.25) is 0 Å². The molecule has 8 nitrogen and oxygen atoms in total. The molecule has 24 heavy (non-hydrogen) atoms. The minimum atomic E-state index is -3.34. The lowest BCUT2D eigenvalue weighted by atomic mass is 10.3. The van der Waals surface area contributed by atoms with E-state index in [1.54, 1.807) is 21.8 Å². The normalized spacial score (nSPS) is 17.4. The number of hydrogen-bond donors (Lipinski definition) is 0. The van der Waals surface area contributed by atoms with Gasteiger partial charge in [0.1, 0.15) is 4.21 Å². The van der Waals surface area contributed by atoms with Crippen LogP contribution in [0.3, 0.4) is 0 Å². The summed E-state index contributed by atoms with van der Waals surface area (Å²) in [7, 11) is -3.34. The van der Waals surface area contributed by atoms with Crippen LogP contribution in [-0.4, -0.2) is 64.0 Å². The van der Waals surface area contributed by atoms with Crippen molar-refractivity contribution in [2.24, 2.45) is 0 Å². The molecule has 2 aromatic heterocycles. The molecule has 2 aromatic rings. The zero-order chi connectivity index (χ0) is 17.0. The fourth-order valence-electron chi connectivity index (χ4n) is 2.68. The molecule has 132 valence electrons. The third-order valence-electron chi connectivity index (χ3n) is 4.12. The molecular weight excluding hydrogens is 348 g/mol. The highest BCUT2D eigenvalue weighted by atomic mass is 32.2. The maximum atomic E-state index is 12.5. The number of tetrazole rings is 1. The number of sulfonamides is 1. The van der Waals surface area contributed by atoms with Gasteiger partial charge in [-0.05, 0) is 28.3 Å². The Balaban J connectivity index is 1.57. The summed E-state index contributed by atoms with van der Waals surface area (Å²) in [6, 6.07) is 3.43. The highest BCUT2D eigenvalue weighted by molar-refractivity contribution is 7.91. The molecule has 0 radical (unpaired) electrons. The Morgan fingerprint density at radius 2 is 2.04 bits per heavy atom. The first-order chi connectivity index (χ1) is 11.6. The van der Waals surface area contributed by atoms with Crippen LogP contribution in [0.25, 0.3) is 0 Å². The predicted octanol–water partition coefficient (Wildman–Crippen LogP) is 1.04. The molecule has 3 heterocycles. The SMILES string of the molecule is CCCCn1nnnc1CN1CCN(S(=O)(=O)c2cccs2)CC1. The van der Waals surface area contributed by atoms with Gasteiger partial charge in [0.05, 0.1) is 6.54 Å². The van der Waals surface area contributed by atoms with Crippen molar-refractivity contribution in [3.8, 4) is 0 Å². The third kappa shape index (κ3) is 3.82. The fourth-order valence-corrected chi connectivity index (χ4v) is 5.25. The van der Waals surface area contributed by atoms with E-state index in [9.17, 15) is 8.42 Å². The molecule has 1 aliphatic heterocycles. The molecule has 3 rings (SSSR count). The van der Waals surface area contributed by atoms with Crippen LogP contribution in [-0.2, 0) is 23.1 Å². The Labute approximate surface area is 146 Å². The van der Waals surface area contributed by atoms with Gasteiger partial charge in [-0.15, -0.1) is 16.4 Å². The van der Waals surface area contributed by atoms with Crippen LogP contribution in [0.4, 0.5) is 0 Å². The lowest BCUT2D eigenvalue weighted by Crippen LogP contribution is -2.48. The number of unbranched alkanes of at least 4 members (excludes halogenated alkanes) is 1. The van der Waals surface area contributed by atoms with E-state index in [0.29, 0.717) is 36.9 Å². The van der Waals surface area contributed by atoms with Crippen molar-refractivity contribution in [3.63, 3.8) is 0 Å². The fraction of sp³-hybridized carbons (Fsp3) is 0.643. The summed E-state index contributed by atoms with van der Waals surface area (Å²) >= 11 is 1.26. The van der Waals surface area contributed by atoms with Gasteiger partial charge in [-0.2, -0.15) is 4.31 Å². The van der Waals surface area contributed by atoms with Crippen LogP contribution in [0, 0.1) is 0 Å². The van der Waals surface area contributed by atoms with Gasteiger partial charge in [0, 0.05) is 32.7 Å². The highest BCUT2D eigenvalue weighted by Gasteiger charge is 2.29. The van der Waals surface area contributed by atoms with Crippen LogP contribution in [0.1, 0.15) is 25.6 Å². The van der Waals surface area contributed by atoms with E-state index in [2.05, 4.69) is 27.3 Å². The molecule has 0 spiro atoms. The Morgan fingerprint density at radius 1 is 1.25 bits per heavy atom. The molecular formula is C14H22N6O2S2. The van der Waals surface area contributed by atoms with Gasteiger partial charge in [-0.25, -0.2) is 13.1 Å². The second-order valence-corrected chi connectivity index (χ2v) is 8.90. The average molecular weight is 371 g/mol. The highest BCUT2D eigenvalue weighted by Crippen LogP contribution is 2.22. The summed E-state index contributed by atoms with van der Waals surface area (Å²) in [6.45, 7) is 5.98. The van der Waals surface area contributed by atoms with E-state index < -0.39 is 10.0 Å². The van der Waals surface area contributed by atoms with E-state index >= 15 is 0 Å². The van der Waals surface area contributed by atoms with Crippen molar-refractivity contribution in [2.75, 3.05) is 26.2 Å². The number of piperazine rings is 1. The first kappa shape index (κ1) is 17.5. The zero-order valence-electron chi connectivity index (χ0n) is 13.7. The Bertz CT molecular complexity index is 735. The molecule has 1 saturated heterocycles.